The van der Waals surface area contributed by atoms with Gasteiger partial charge >= 0.3 is 11.7 Å². The maximum atomic E-state index is 13.6. The van der Waals surface area contributed by atoms with Crippen molar-refractivity contribution in [2.45, 2.75) is 47.1 Å². The maximum Gasteiger partial charge on any atom is 0.352 e. The predicted octanol–water partition coefficient (Wildman–Crippen LogP) is 2.78. The highest BCUT2D eigenvalue weighted by molar-refractivity contribution is 5.92. The van der Waals surface area contributed by atoms with Gasteiger partial charge in [0.15, 0.2) is 0 Å². The molecule has 1 atom stereocenters. The Bertz CT molecular complexity index is 1460. The molecule has 0 aliphatic carbocycles. The zero-order chi connectivity index (χ0) is 26.7. The van der Waals surface area contributed by atoms with Crippen LogP contribution in [0.25, 0.3) is 5.69 Å². The quantitative estimate of drug-likeness (QED) is 0.478. The highest BCUT2D eigenvalue weighted by Gasteiger charge is 2.32. The molecule has 0 spiro atoms. The second-order valence-electron chi connectivity index (χ2n) is 9.47. The van der Waals surface area contributed by atoms with E-state index in [4.69, 9.17) is 4.74 Å². The van der Waals surface area contributed by atoms with E-state index in [9.17, 15) is 19.2 Å². The number of aromatic nitrogens is 3. The fourth-order valence-corrected chi connectivity index (χ4v) is 4.54. The Morgan fingerprint density at radius 3 is 2.49 bits per heavy atom. The van der Waals surface area contributed by atoms with Crippen molar-refractivity contribution in [2.75, 3.05) is 19.7 Å². The van der Waals surface area contributed by atoms with Crippen molar-refractivity contribution in [1.29, 1.82) is 0 Å². The van der Waals surface area contributed by atoms with Crippen LogP contribution >= 0.6 is 0 Å². The van der Waals surface area contributed by atoms with Gasteiger partial charge in [-0.2, -0.15) is 9.78 Å². The highest BCUT2D eigenvalue weighted by Crippen LogP contribution is 2.19. The molecular weight excluding hydrogens is 472 g/mol. The van der Waals surface area contributed by atoms with E-state index in [-0.39, 0.29) is 31.4 Å². The highest BCUT2D eigenvalue weighted by atomic mass is 16.5. The molecular formula is C28H32N4O5. The van der Waals surface area contributed by atoms with Crippen molar-refractivity contribution in [2.24, 2.45) is 5.92 Å². The summed E-state index contributed by atoms with van der Waals surface area (Å²) in [7, 11) is 0. The normalized spacial score (nSPS) is 15.5. The molecule has 1 saturated heterocycles. The van der Waals surface area contributed by atoms with Gasteiger partial charge in [-0.3, -0.25) is 19.0 Å². The van der Waals surface area contributed by atoms with Crippen LogP contribution in [0.2, 0.25) is 0 Å². The first-order valence-corrected chi connectivity index (χ1v) is 12.5. The van der Waals surface area contributed by atoms with E-state index in [0.29, 0.717) is 25.1 Å². The van der Waals surface area contributed by atoms with Gasteiger partial charge in [-0.05, 0) is 74.9 Å². The van der Waals surface area contributed by atoms with Crippen LogP contribution in [0.4, 0.5) is 0 Å². The lowest BCUT2D eigenvalue weighted by Gasteiger charge is -2.31. The molecule has 2 aromatic carbocycles. The van der Waals surface area contributed by atoms with Gasteiger partial charge in [-0.1, -0.05) is 30.3 Å². The summed E-state index contributed by atoms with van der Waals surface area (Å²) in [5.41, 5.74) is 2.43. The molecule has 1 amide bonds. The van der Waals surface area contributed by atoms with E-state index in [1.165, 1.54) is 4.90 Å². The number of aryl methyl sites for hydroxylation is 3. The number of nitrogens with zero attached hydrogens (tertiary/aromatic N) is 4. The van der Waals surface area contributed by atoms with Crippen molar-refractivity contribution >= 4 is 11.9 Å². The van der Waals surface area contributed by atoms with Gasteiger partial charge in [0.1, 0.15) is 0 Å². The molecule has 1 fully saturated rings. The summed E-state index contributed by atoms with van der Waals surface area (Å²) in [6, 6.07) is 12.9. The third-order valence-electron chi connectivity index (χ3n) is 6.92. The van der Waals surface area contributed by atoms with Crippen LogP contribution in [0.1, 0.15) is 52.5 Å². The van der Waals surface area contributed by atoms with E-state index in [1.54, 1.807) is 19.1 Å². The van der Waals surface area contributed by atoms with Crippen LogP contribution in [0.15, 0.2) is 52.1 Å². The smallest absolute Gasteiger partial charge is 0.352 e. The second kappa shape index (κ2) is 10.9. The SMILES string of the molecule is CCOC(=O)[C@@H]1CCCN(C(=O)c2nn(-c3ccc(C)c(C)c3)c(=O)n(Cc3ccccc3C)c2=O)C1. The first kappa shape index (κ1) is 26.1. The van der Waals surface area contributed by atoms with Crippen LogP contribution < -0.4 is 11.2 Å². The first-order chi connectivity index (χ1) is 17.7. The molecule has 194 valence electrons. The Kier molecular flexibility index (Phi) is 7.71. The van der Waals surface area contributed by atoms with Gasteiger partial charge in [-0.25, -0.2) is 4.79 Å². The summed E-state index contributed by atoms with van der Waals surface area (Å²) in [5.74, 6) is -1.42. The molecule has 4 rings (SSSR count). The zero-order valence-corrected chi connectivity index (χ0v) is 21.7. The Hall–Kier alpha value is -4.01. The topological polar surface area (TPSA) is 104 Å². The minimum Gasteiger partial charge on any atom is -0.466 e. The second-order valence-corrected chi connectivity index (χ2v) is 9.47. The largest absolute Gasteiger partial charge is 0.466 e. The summed E-state index contributed by atoms with van der Waals surface area (Å²) < 4.78 is 7.32. The van der Waals surface area contributed by atoms with Crippen LogP contribution in [0, 0.1) is 26.7 Å². The predicted molar refractivity (Wildman–Crippen MR) is 139 cm³/mol. The summed E-state index contributed by atoms with van der Waals surface area (Å²) in [6.45, 7) is 8.30. The van der Waals surface area contributed by atoms with E-state index < -0.39 is 23.1 Å². The van der Waals surface area contributed by atoms with Gasteiger partial charge in [0, 0.05) is 13.1 Å². The third-order valence-corrected chi connectivity index (χ3v) is 6.92. The fraction of sp³-hybridized carbons (Fsp3) is 0.393. The first-order valence-electron chi connectivity index (χ1n) is 12.5. The van der Waals surface area contributed by atoms with Crippen molar-refractivity contribution in [3.63, 3.8) is 0 Å². The summed E-state index contributed by atoms with van der Waals surface area (Å²) >= 11 is 0. The molecule has 0 unspecified atom stereocenters. The lowest BCUT2D eigenvalue weighted by molar-refractivity contribution is -0.149. The molecule has 37 heavy (non-hydrogen) atoms. The van der Waals surface area contributed by atoms with Gasteiger partial charge in [0.25, 0.3) is 11.5 Å². The number of likely N-dealkylation sites (tertiary alicyclic amines) is 1. The monoisotopic (exact) mass is 504 g/mol. The number of hydrogen-bond donors (Lipinski definition) is 0. The molecule has 3 aromatic rings. The number of amides is 1. The molecule has 1 aromatic heterocycles. The Morgan fingerprint density at radius 2 is 1.78 bits per heavy atom. The minimum absolute atomic E-state index is 0.00341. The standard InChI is InChI=1S/C28H32N4O5/c1-5-37-27(35)22-11-8-14-30(16-22)25(33)24-26(34)31(17-21-10-7-6-9-19(21)3)28(36)32(29-24)23-13-12-18(2)20(4)15-23/h6-7,9-10,12-13,15,22H,5,8,11,14,16-17H2,1-4H3/t22-/m1/s1. The average Bonchev–Trinajstić information content (AvgIpc) is 2.89. The third kappa shape index (κ3) is 5.40. The Balaban J connectivity index is 1.82. The molecule has 9 nitrogen and oxygen atoms in total. The average molecular weight is 505 g/mol. The number of ether oxygens (including phenoxy) is 1. The number of carbonyl (C=O) groups is 2. The zero-order valence-electron chi connectivity index (χ0n) is 21.7. The molecule has 0 N–H and O–H groups in total. The molecule has 0 radical (unpaired) electrons. The van der Waals surface area contributed by atoms with E-state index in [0.717, 1.165) is 31.5 Å². The van der Waals surface area contributed by atoms with Gasteiger partial charge < -0.3 is 9.64 Å². The Morgan fingerprint density at radius 1 is 1.03 bits per heavy atom. The molecule has 1 aliphatic rings. The molecule has 0 saturated carbocycles. The van der Waals surface area contributed by atoms with Crippen molar-refractivity contribution in [1.82, 2.24) is 19.2 Å². The van der Waals surface area contributed by atoms with Crippen molar-refractivity contribution < 1.29 is 14.3 Å². The van der Waals surface area contributed by atoms with Gasteiger partial charge in [0.2, 0.25) is 5.69 Å². The van der Waals surface area contributed by atoms with Crippen molar-refractivity contribution in [3.05, 3.63) is 91.3 Å². The molecule has 0 bridgehead atoms. The lowest BCUT2D eigenvalue weighted by Crippen LogP contribution is -2.49. The number of carbonyl (C=O) groups excluding carboxylic acids is 2. The molecule has 9 heteroatoms. The van der Waals surface area contributed by atoms with Gasteiger partial charge in [-0.15, -0.1) is 0 Å². The van der Waals surface area contributed by atoms with Crippen molar-refractivity contribution in [3.8, 4) is 5.69 Å². The lowest BCUT2D eigenvalue weighted by atomic mass is 9.98. The maximum absolute atomic E-state index is 13.6. The van der Waals surface area contributed by atoms with E-state index >= 15 is 0 Å². The van der Waals surface area contributed by atoms with E-state index in [2.05, 4.69) is 5.10 Å². The minimum atomic E-state index is -0.753. The Labute approximate surface area is 215 Å². The number of piperidine rings is 1. The summed E-state index contributed by atoms with van der Waals surface area (Å²) in [4.78, 5) is 54.5. The van der Waals surface area contributed by atoms with Crippen LogP contribution in [-0.2, 0) is 16.1 Å². The molecule has 2 heterocycles. The number of benzene rings is 2. The fourth-order valence-electron chi connectivity index (χ4n) is 4.54. The van der Waals surface area contributed by atoms with Crippen LogP contribution in [0.5, 0.6) is 0 Å². The number of rotatable bonds is 6. The number of hydrogen-bond acceptors (Lipinski definition) is 6. The van der Waals surface area contributed by atoms with Crippen LogP contribution in [0.3, 0.4) is 0 Å². The van der Waals surface area contributed by atoms with E-state index in [1.807, 2.05) is 51.1 Å². The number of esters is 1. The van der Waals surface area contributed by atoms with Gasteiger partial charge in [0.05, 0.1) is 24.8 Å². The molecule has 1 aliphatic heterocycles. The summed E-state index contributed by atoms with van der Waals surface area (Å²) in [5, 5.41) is 4.28. The summed E-state index contributed by atoms with van der Waals surface area (Å²) in [6.07, 6.45) is 1.21. The van der Waals surface area contributed by atoms with Crippen LogP contribution in [-0.4, -0.2) is 50.8 Å².